The van der Waals surface area contributed by atoms with Crippen LogP contribution < -0.4 is 0 Å². The zero-order chi connectivity index (χ0) is 31.3. The van der Waals surface area contributed by atoms with Crippen LogP contribution in [0.4, 0.5) is 0 Å². The van der Waals surface area contributed by atoms with Gasteiger partial charge in [0.05, 0.1) is 22.7 Å². The molecule has 9 aromatic rings. The van der Waals surface area contributed by atoms with E-state index in [9.17, 15) is 5.26 Å². The summed E-state index contributed by atoms with van der Waals surface area (Å²) in [5, 5.41) is 17.7. The maximum atomic E-state index is 10.5. The molecule has 0 aliphatic heterocycles. The number of nitrogens with zero attached hydrogens (tertiary/aromatic N) is 2. The second kappa shape index (κ2) is 10.9. The van der Waals surface area contributed by atoms with Gasteiger partial charge in [0.1, 0.15) is 0 Å². The molecule has 0 bridgehead atoms. The molecule has 1 heterocycles. The van der Waals surface area contributed by atoms with E-state index in [-0.39, 0.29) is 0 Å². The van der Waals surface area contributed by atoms with Crippen molar-refractivity contribution in [2.24, 2.45) is 0 Å². The van der Waals surface area contributed by atoms with E-state index in [0.29, 0.717) is 5.56 Å². The molecule has 0 saturated carbocycles. The van der Waals surface area contributed by atoms with E-state index < -0.39 is 0 Å². The number of hydrogen-bond acceptors (Lipinski definition) is 1. The smallest absolute Gasteiger partial charge is 0.0998 e. The molecule has 218 valence electrons. The Bertz CT molecular complexity index is 2560. The number of nitriles is 1. The molecule has 9 rings (SSSR count). The highest BCUT2D eigenvalue weighted by atomic mass is 15.0. The second-order valence-electron chi connectivity index (χ2n) is 12.0. The van der Waals surface area contributed by atoms with Gasteiger partial charge in [-0.2, -0.15) is 5.26 Å². The molecule has 0 radical (unpaired) electrons. The molecule has 8 aromatic carbocycles. The Morgan fingerprint density at radius 3 is 1.36 bits per heavy atom. The van der Waals surface area contributed by atoms with Crippen LogP contribution in [0.15, 0.2) is 170 Å². The van der Waals surface area contributed by atoms with E-state index in [1.165, 1.54) is 54.5 Å². The van der Waals surface area contributed by atoms with Gasteiger partial charge in [-0.1, -0.05) is 140 Å². The molecule has 0 N–H and O–H groups in total. The first-order valence-corrected chi connectivity index (χ1v) is 15.9. The minimum atomic E-state index is 0.660. The van der Waals surface area contributed by atoms with Gasteiger partial charge < -0.3 is 4.57 Å². The van der Waals surface area contributed by atoms with E-state index >= 15 is 0 Å². The Morgan fingerprint density at radius 2 is 0.830 bits per heavy atom. The highest BCUT2D eigenvalue weighted by Gasteiger charge is 2.18. The fraction of sp³-hybridized carbons (Fsp3) is 0. The Hall–Kier alpha value is -6.43. The predicted molar refractivity (Wildman–Crippen MR) is 197 cm³/mol. The first-order valence-electron chi connectivity index (χ1n) is 15.9. The molecule has 0 saturated heterocycles. The lowest BCUT2D eigenvalue weighted by Crippen LogP contribution is -1.94. The monoisotopic (exact) mass is 596 g/mol. The standard InChI is InChI=1S/C45H28N2/c46-29-33-28-32(45-40-18-6-4-16-38(40)44(31-12-2-1-3-13-31)39-17-5-7-19-41(39)45)24-27-35(33)30-22-25-34(26-23-30)47-42-20-10-8-14-36(42)37-15-9-11-21-43(37)47/h1-28H. The summed E-state index contributed by atoms with van der Waals surface area (Å²) < 4.78 is 2.32. The molecule has 2 nitrogen and oxygen atoms in total. The average molecular weight is 597 g/mol. The molecule has 1 aromatic heterocycles. The SMILES string of the molecule is N#Cc1cc(-c2c3ccccc3c(-c3ccccc3)c3ccccc23)ccc1-c1ccc(-n2c3ccccc3c3ccccc32)cc1. The van der Waals surface area contributed by atoms with Crippen molar-refractivity contribution < 1.29 is 0 Å². The average Bonchev–Trinajstić information content (AvgIpc) is 3.48. The zero-order valence-electron chi connectivity index (χ0n) is 25.6. The van der Waals surface area contributed by atoms with E-state index in [2.05, 4.69) is 180 Å². The van der Waals surface area contributed by atoms with Gasteiger partial charge in [-0.15, -0.1) is 0 Å². The maximum absolute atomic E-state index is 10.5. The summed E-state index contributed by atoms with van der Waals surface area (Å²) in [6.45, 7) is 0. The van der Waals surface area contributed by atoms with Crippen molar-refractivity contribution in [3.05, 3.63) is 175 Å². The van der Waals surface area contributed by atoms with Gasteiger partial charge in [-0.25, -0.2) is 0 Å². The summed E-state index contributed by atoms with van der Waals surface area (Å²) >= 11 is 0. The van der Waals surface area contributed by atoms with Crippen molar-refractivity contribution in [3.63, 3.8) is 0 Å². The molecular weight excluding hydrogens is 569 g/mol. The van der Waals surface area contributed by atoms with Crippen LogP contribution in [-0.4, -0.2) is 4.57 Å². The lowest BCUT2D eigenvalue weighted by atomic mass is 9.85. The predicted octanol–water partition coefficient (Wildman–Crippen LogP) is 12.0. The summed E-state index contributed by atoms with van der Waals surface area (Å²) in [5.41, 5.74) is 10.7. The Kier molecular flexibility index (Phi) is 6.23. The highest BCUT2D eigenvalue weighted by Crippen LogP contribution is 2.44. The molecule has 0 aliphatic carbocycles. The summed E-state index contributed by atoms with van der Waals surface area (Å²) in [5.74, 6) is 0. The van der Waals surface area contributed by atoms with Crippen LogP contribution >= 0.6 is 0 Å². The number of benzene rings is 8. The lowest BCUT2D eigenvalue weighted by Gasteiger charge is -2.18. The number of hydrogen-bond donors (Lipinski definition) is 0. The third kappa shape index (κ3) is 4.26. The Morgan fingerprint density at radius 1 is 0.383 bits per heavy atom. The minimum Gasteiger partial charge on any atom is -0.309 e. The van der Waals surface area contributed by atoms with E-state index in [4.69, 9.17) is 0 Å². The molecule has 0 fully saturated rings. The summed E-state index contributed by atoms with van der Waals surface area (Å²) in [6.07, 6.45) is 0. The summed E-state index contributed by atoms with van der Waals surface area (Å²) in [6, 6.07) is 62.4. The molecule has 0 unspecified atom stereocenters. The molecule has 0 spiro atoms. The van der Waals surface area contributed by atoms with Crippen molar-refractivity contribution in [1.29, 1.82) is 5.26 Å². The van der Waals surface area contributed by atoms with Crippen LogP contribution in [0.1, 0.15) is 5.56 Å². The van der Waals surface area contributed by atoms with E-state index in [1.807, 2.05) is 0 Å². The first-order chi connectivity index (χ1) is 23.3. The summed E-state index contributed by atoms with van der Waals surface area (Å²) in [7, 11) is 0. The quantitative estimate of drug-likeness (QED) is 0.186. The third-order valence-corrected chi connectivity index (χ3v) is 9.44. The van der Waals surface area contributed by atoms with Crippen molar-refractivity contribution in [1.82, 2.24) is 4.57 Å². The van der Waals surface area contributed by atoms with Crippen molar-refractivity contribution in [2.75, 3.05) is 0 Å². The van der Waals surface area contributed by atoms with Gasteiger partial charge in [0, 0.05) is 16.5 Å². The van der Waals surface area contributed by atoms with Crippen LogP contribution in [0.25, 0.3) is 82.4 Å². The molecular formula is C45H28N2. The number of fused-ring (bicyclic) bond motifs is 5. The molecule has 0 amide bonds. The molecule has 2 heteroatoms. The fourth-order valence-corrected chi connectivity index (χ4v) is 7.39. The Balaban J connectivity index is 1.19. The normalized spacial score (nSPS) is 11.4. The van der Waals surface area contributed by atoms with Crippen molar-refractivity contribution >= 4 is 43.4 Å². The fourth-order valence-electron chi connectivity index (χ4n) is 7.39. The topological polar surface area (TPSA) is 28.7 Å². The van der Waals surface area contributed by atoms with Crippen LogP contribution in [0.2, 0.25) is 0 Å². The number of aromatic nitrogens is 1. The van der Waals surface area contributed by atoms with Gasteiger partial charge in [0.2, 0.25) is 0 Å². The summed E-state index contributed by atoms with van der Waals surface area (Å²) in [4.78, 5) is 0. The molecule has 0 atom stereocenters. The van der Waals surface area contributed by atoms with Crippen molar-refractivity contribution in [2.45, 2.75) is 0 Å². The van der Waals surface area contributed by atoms with Gasteiger partial charge in [-0.3, -0.25) is 0 Å². The highest BCUT2D eigenvalue weighted by molar-refractivity contribution is 6.21. The molecule has 47 heavy (non-hydrogen) atoms. The third-order valence-electron chi connectivity index (χ3n) is 9.44. The van der Waals surface area contributed by atoms with Gasteiger partial charge >= 0.3 is 0 Å². The van der Waals surface area contributed by atoms with Crippen LogP contribution in [0.5, 0.6) is 0 Å². The van der Waals surface area contributed by atoms with Gasteiger partial charge in [0.15, 0.2) is 0 Å². The van der Waals surface area contributed by atoms with E-state index in [1.54, 1.807) is 0 Å². The first kappa shape index (κ1) is 26.9. The Labute approximate surface area is 273 Å². The van der Waals surface area contributed by atoms with Crippen molar-refractivity contribution in [3.8, 4) is 45.1 Å². The second-order valence-corrected chi connectivity index (χ2v) is 12.0. The van der Waals surface area contributed by atoms with Crippen LogP contribution in [0.3, 0.4) is 0 Å². The minimum absolute atomic E-state index is 0.660. The van der Waals surface area contributed by atoms with Crippen LogP contribution in [-0.2, 0) is 0 Å². The largest absolute Gasteiger partial charge is 0.309 e. The van der Waals surface area contributed by atoms with Crippen LogP contribution in [0, 0.1) is 11.3 Å². The lowest BCUT2D eigenvalue weighted by molar-refractivity contribution is 1.18. The molecule has 0 aliphatic rings. The number of rotatable bonds is 4. The van der Waals surface area contributed by atoms with Gasteiger partial charge in [0.25, 0.3) is 0 Å². The number of para-hydroxylation sites is 2. The van der Waals surface area contributed by atoms with E-state index in [0.717, 1.165) is 27.9 Å². The maximum Gasteiger partial charge on any atom is 0.0998 e. The van der Waals surface area contributed by atoms with Gasteiger partial charge in [-0.05, 0) is 85.3 Å². The zero-order valence-corrected chi connectivity index (χ0v) is 25.6.